The monoisotopic (exact) mass is 269 g/mol. The Morgan fingerprint density at radius 3 is 2.95 bits per heavy atom. The van der Waals surface area contributed by atoms with Crippen molar-refractivity contribution >= 4 is 23.1 Å². The number of hydrogen-bond acceptors (Lipinski definition) is 5. The van der Waals surface area contributed by atoms with E-state index in [4.69, 9.17) is 9.52 Å². The Bertz CT molecular complexity index is 734. The minimum Gasteiger partial charge on any atom is -0.478 e. The first-order chi connectivity index (χ1) is 9.72. The van der Waals surface area contributed by atoms with Crippen LogP contribution in [0.3, 0.4) is 0 Å². The van der Waals surface area contributed by atoms with Crippen LogP contribution >= 0.6 is 0 Å². The van der Waals surface area contributed by atoms with Crippen LogP contribution in [0, 0.1) is 0 Å². The Labute approximate surface area is 114 Å². The molecule has 3 aromatic rings. The van der Waals surface area contributed by atoms with Gasteiger partial charge in [-0.15, -0.1) is 0 Å². The molecule has 6 heteroatoms. The molecule has 6 nitrogen and oxygen atoms in total. The molecule has 20 heavy (non-hydrogen) atoms. The van der Waals surface area contributed by atoms with Crippen molar-refractivity contribution < 1.29 is 14.3 Å². The van der Waals surface area contributed by atoms with Crippen LogP contribution in [0.15, 0.2) is 47.0 Å². The lowest BCUT2D eigenvalue weighted by atomic mass is 10.2. The van der Waals surface area contributed by atoms with Gasteiger partial charge in [0.2, 0.25) is 0 Å². The van der Waals surface area contributed by atoms with Gasteiger partial charge in [-0.25, -0.2) is 4.79 Å². The van der Waals surface area contributed by atoms with Gasteiger partial charge in [0.05, 0.1) is 17.8 Å². The minimum atomic E-state index is -0.976. The number of nitrogens with zero attached hydrogens (tertiary/aromatic N) is 2. The van der Waals surface area contributed by atoms with E-state index in [1.54, 1.807) is 0 Å². The van der Waals surface area contributed by atoms with Crippen LogP contribution < -0.4 is 5.32 Å². The van der Waals surface area contributed by atoms with Crippen LogP contribution in [0.5, 0.6) is 0 Å². The van der Waals surface area contributed by atoms with Gasteiger partial charge < -0.3 is 14.8 Å². The zero-order chi connectivity index (χ0) is 13.9. The Morgan fingerprint density at radius 2 is 2.15 bits per heavy atom. The predicted octanol–water partition coefficient (Wildman–Crippen LogP) is 2.53. The number of carboxylic acid groups (broad SMARTS) is 1. The van der Waals surface area contributed by atoms with Gasteiger partial charge in [0.1, 0.15) is 5.52 Å². The summed E-state index contributed by atoms with van der Waals surface area (Å²) in [6.45, 7) is 0.341. The highest BCUT2D eigenvalue weighted by Gasteiger charge is 2.07. The second-order valence-corrected chi connectivity index (χ2v) is 4.18. The van der Waals surface area contributed by atoms with Gasteiger partial charge >= 0.3 is 5.97 Å². The zero-order valence-electron chi connectivity index (χ0n) is 10.4. The molecule has 0 aliphatic rings. The van der Waals surface area contributed by atoms with Gasteiger partial charge in [-0.3, -0.25) is 4.98 Å². The van der Waals surface area contributed by atoms with Gasteiger partial charge in [0.25, 0.3) is 6.01 Å². The minimum absolute atomic E-state index is 0.203. The largest absolute Gasteiger partial charge is 0.478 e. The van der Waals surface area contributed by atoms with Crippen LogP contribution in [-0.2, 0) is 6.54 Å². The maximum absolute atomic E-state index is 10.9. The van der Waals surface area contributed by atoms with E-state index in [2.05, 4.69) is 15.3 Å². The number of aromatic carboxylic acids is 1. The third-order valence-corrected chi connectivity index (χ3v) is 2.78. The highest BCUT2D eigenvalue weighted by Crippen LogP contribution is 2.18. The predicted molar refractivity (Wildman–Crippen MR) is 72.5 cm³/mol. The third kappa shape index (κ3) is 2.44. The van der Waals surface area contributed by atoms with E-state index in [0.29, 0.717) is 23.8 Å². The van der Waals surface area contributed by atoms with Crippen molar-refractivity contribution in [3.05, 3.63) is 53.9 Å². The molecule has 1 aromatic carbocycles. The molecule has 0 spiro atoms. The first kappa shape index (κ1) is 12.2. The van der Waals surface area contributed by atoms with Crippen LogP contribution in [0.2, 0.25) is 0 Å². The summed E-state index contributed by atoms with van der Waals surface area (Å²) in [5.41, 5.74) is 2.27. The zero-order valence-corrected chi connectivity index (χ0v) is 10.4. The Kier molecular flexibility index (Phi) is 3.04. The quantitative estimate of drug-likeness (QED) is 0.756. The summed E-state index contributed by atoms with van der Waals surface area (Å²) in [4.78, 5) is 19.2. The van der Waals surface area contributed by atoms with E-state index in [-0.39, 0.29) is 5.56 Å². The lowest BCUT2D eigenvalue weighted by molar-refractivity contribution is 0.0696. The molecule has 0 saturated carbocycles. The molecule has 0 bridgehead atoms. The maximum atomic E-state index is 10.9. The molecule has 3 rings (SSSR count). The third-order valence-electron chi connectivity index (χ3n) is 2.78. The summed E-state index contributed by atoms with van der Waals surface area (Å²) < 4.78 is 5.50. The Morgan fingerprint density at radius 1 is 1.30 bits per heavy atom. The van der Waals surface area contributed by atoms with Crippen molar-refractivity contribution in [1.82, 2.24) is 9.97 Å². The fourth-order valence-electron chi connectivity index (χ4n) is 1.82. The number of anilines is 1. The number of aromatic nitrogens is 2. The van der Waals surface area contributed by atoms with E-state index < -0.39 is 5.97 Å². The Balaban J connectivity index is 1.75. The molecular weight excluding hydrogens is 258 g/mol. The van der Waals surface area contributed by atoms with Crippen molar-refractivity contribution in [1.29, 1.82) is 0 Å². The molecule has 2 aromatic heterocycles. The molecule has 0 atom stereocenters. The number of oxazole rings is 1. The van der Waals surface area contributed by atoms with E-state index in [1.807, 2.05) is 24.3 Å². The number of nitrogens with one attached hydrogen (secondary N) is 1. The number of benzene rings is 1. The topological polar surface area (TPSA) is 88.2 Å². The molecule has 0 aliphatic heterocycles. The first-order valence-corrected chi connectivity index (χ1v) is 6.00. The maximum Gasteiger partial charge on any atom is 0.335 e. The van der Waals surface area contributed by atoms with Crippen molar-refractivity contribution in [2.45, 2.75) is 6.54 Å². The lowest BCUT2D eigenvalue weighted by Gasteiger charge is -2.02. The van der Waals surface area contributed by atoms with Crippen LogP contribution in [0.4, 0.5) is 6.01 Å². The second kappa shape index (κ2) is 5.00. The summed E-state index contributed by atoms with van der Waals surface area (Å²) in [5.74, 6) is -0.976. The SMILES string of the molecule is O=C(O)c1ccnc(CNc2nc3ccccc3o2)c1. The second-order valence-electron chi connectivity index (χ2n) is 4.18. The van der Waals surface area contributed by atoms with E-state index >= 15 is 0 Å². The highest BCUT2D eigenvalue weighted by atomic mass is 16.4. The summed E-state index contributed by atoms with van der Waals surface area (Å²) in [6.07, 6.45) is 1.46. The molecule has 2 N–H and O–H groups in total. The Hall–Kier alpha value is -2.89. The number of fused-ring (bicyclic) bond motifs is 1. The van der Waals surface area contributed by atoms with E-state index in [9.17, 15) is 4.79 Å². The molecular formula is C14H11N3O3. The summed E-state index contributed by atoms with van der Waals surface area (Å²) in [7, 11) is 0. The van der Waals surface area contributed by atoms with Gasteiger partial charge in [-0.2, -0.15) is 4.98 Å². The molecule has 0 radical (unpaired) electrons. The first-order valence-electron chi connectivity index (χ1n) is 6.00. The molecule has 0 aliphatic carbocycles. The van der Waals surface area contributed by atoms with Crippen LogP contribution in [0.1, 0.15) is 16.1 Å². The van der Waals surface area contributed by atoms with Crippen molar-refractivity contribution in [2.24, 2.45) is 0 Å². The summed E-state index contributed by atoms with van der Waals surface area (Å²) in [5, 5.41) is 11.9. The number of pyridine rings is 1. The fourth-order valence-corrected chi connectivity index (χ4v) is 1.82. The molecule has 0 fully saturated rings. The number of carbonyl (C=O) groups is 1. The number of rotatable bonds is 4. The van der Waals surface area contributed by atoms with Gasteiger partial charge in [0, 0.05) is 6.20 Å². The van der Waals surface area contributed by atoms with Crippen molar-refractivity contribution in [3.8, 4) is 0 Å². The van der Waals surface area contributed by atoms with Crippen LogP contribution in [-0.4, -0.2) is 21.0 Å². The standard InChI is InChI=1S/C14H11N3O3/c18-13(19)9-5-6-15-10(7-9)8-16-14-17-11-3-1-2-4-12(11)20-14/h1-7H,8H2,(H,16,17)(H,18,19). The van der Waals surface area contributed by atoms with Crippen molar-refractivity contribution in [2.75, 3.05) is 5.32 Å². The van der Waals surface area contributed by atoms with E-state index in [1.165, 1.54) is 18.3 Å². The number of carboxylic acids is 1. The van der Waals surface area contributed by atoms with Gasteiger partial charge in [-0.1, -0.05) is 12.1 Å². The highest BCUT2D eigenvalue weighted by molar-refractivity contribution is 5.87. The van der Waals surface area contributed by atoms with Crippen molar-refractivity contribution in [3.63, 3.8) is 0 Å². The molecule has 2 heterocycles. The van der Waals surface area contributed by atoms with Crippen LogP contribution in [0.25, 0.3) is 11.1 Å². The average Bonchev–Trinajstić information content (AvgIpc) is 2.88. The average molecular weight is 269 g/mol. The molecule has 100 valence electrons. The fraction of sp³-hybridized carbons (Fsp3) is 0.0714. The van der Waals surface area contributed by atoms with Gasteiger partial charge in [0.15, 0.2) is 5.58 Å². The smallest absolute Gasteiger partial charge is 0.335 e. The normalized spacial score (nSPS) is 10.6. The van der Waals surface area contributed by atoms with Gasteiger partial charge in [-0.05, 0) is 24.3 Å². The molecule has 0 amide bonds. The molecule has 0 saturated heterocycles. The number of hydrogen-bond donors (Lipinski definition) is 2. The molecule has 0 unspecified atom stereocenters. The lowest BCUT2D eigenvalue weighted by Crippen LogP contribution is -2.04. The van der Waals surface area contributed by atoms with E-state index in [0.717, 1.165) is 5.52 Å². The number of para-hydroxylation sites is 2. The summed E-state index contributed by atoms with van der Waals surface area (Å²) in [6, 6.07) is 10.8. The summed E-state index contributed by atoms with van der Waals surface area (Å²) >= 11 is 0.